The van der Waals surface area contributed by atoms with Crippen LogP contribution in [0.3, 0.4) is 0 Å². The summed E-state index contributed by atoms with van der Waals surface area (Å²) < 4.78 is 48.5. The fraction of sp³-hybridized carbons (Fsp3) is 0.550. The standard InChI is InChI=1S/C18H23N3O3.C2HF3O2/c1-12-19-18(24-20-12)17-8-7-15-16(23-17)9-10-21(15)11-13-3-5-14(22-2)6-4-13;3-2(4,5)1(6)7/h3-6,15-17H,7-11H2,1-2H3;(H,6,7)/t15-,16-,17+;/m1./s1. The summed E-state index contributed by atoms with van der Waals surface area (Å²) in [6.45, 7) is 3.86. The number of methoxy groups -OCH3 is 1. The molecule has 2 aromatic rings. The van der Waals surface area contributed by atoms with Crippen LogP contribution in [0.1, 0.15) is 42.6 Å². The Morgan fingerprint density at radius 3 is 2.48 bits per heavy atom. The molecular weight excluding hydrogens is 419 g/mol. The fourth-order valence-electron chi connectivity index (χ4n) is 3.80. The van der Waals surface area contributed by atoms with Gasteiger partial charge in [0, 0.05) is 19.1 Å². The molecule has 8 nitrogen and oxygen atoms in total. The van der Waals surface area contributed by atoms with Gasteiger partial charge in [0.25, 0.3) is 5.89 Å². The van der Waals surface area contributed by atoms with E-state index in [1.165, 1.54) is 5.56 Å². The number of fused-ring (bicyclic) bond motifs is 1. The van der Waals surface area contributed by atoms with Gasteiger partial charge >= 0.3 is 12.1 Å². The number of halogens is 3. The second-order valence-electron chi connectivity index (χ2n) is 7.40. The molecule has 3 atom stereocenters. The van der Waals surface area contributed by atoms with Crippen molar-refractivity contribution in [1.82, 2.24) is 15.0 Å². The minimum absolute atomic E-state index is 0.0478. The van der Waals surface area contributed by atoms with E-state index >= 15 is 0 Å². The first-order valence-corrected chi connectivity index (χ1v) is 9.80. The van der Waals surface area contributed by atoms with Crippen LogP contribution in [-0.4, -0.2) is 58.1 Å². The summed E-state index contributed by atoms with van der Waals surface area (Å²) in [7, 11) is 1.70. The number of likely N-dealkylation sites (tertiary alicyclic amines) is 1. The number of benzene rings is 1. The third-order valence-electron chi connectivity index (χ3n) is 5.27. The third-order valence-corrected chi connectivity index (χ3v) is 5.27. The van der Waals surface area contributed by atoms with E-state index in [0.29, 0.717) is 17.8 Å². The van der Waals surface area contributed by atoms with Crippen molar-refractivity contribution < 1.29 is 37.1 Å². The van der Waals surface area contributed by atoms with Crippen molar-refractivity contribution in [2.45, 2.75) is 57.2 Å². The van der Waals surface area contributed by atoms with Gasteiger partial charge in [-0.25, -0.2) is 4.79 Å². The molecule has 1 aromatic heterocycles. The summed E-state index contributed by atoms with van der Waals surface area (Å²) in [5.74, 6) is -0.563. The molecule has 0 spiro atoms. The topological polar surface area (TPSA) is 97.9 Å². The number of hydrogen-bond donors (Lipinski definition) is 1. The van der Waals surface area contributed by atoms with Crippen LogP contribution >= 0.6 is 0 Å². The number of carboxylic acid groups (broad SMARTS) is 1. The van der Waals surface area contributed by atoms with Crippen molar-refractivity contribution in [3.05, 3.63) is 41.5 Å². The first-order chi connectivity index (χ1) is 14.7. The molecule has 0 bridgehead atoms. The summed E-state index contributed by atoms with van der Waals surface area (Å²) in [5.41, 5.74) is 1.31. The van der Waals surface area contributed by atoms with Crippen molar-refractivity contribution in [2.75, 3.05) is 13.7 Å². The van der Waals surface area contributed by atoms with Crippen LogP contribution in [0, 0.1) is 6.92 Å². The predicted molar refractivity (Wildman–Crippen MR) is 101 cm³/mol. The van der Waals surface area contributed by atoms with E-state index in [9.17, 15) is 13.2 Å². The first kappa shape index (κ1) is 23.0. The smallest absolute Gasteiger partial charge is 0.490 e. The number of aliphatic carboxylic acids is 1. The molecule has 2 saturated heterocycles. The van der Waals surface area contributed by atoms with Gasteiger partial charge in [-0.05, 0) is 43.9 Å². The summed E-state index contributed by atoms with van der Waals surface area (Å²) in [4.78, 5) is 15.7. The lowest BCUT2D eigenvalue weighted by atomic mass is 9.98. The minimum atomic E-state index is -5.08. The monoisotopic (exact) mass is 443 g/mol. The van der Waals surface area contributed by atoms with E-state index in [2.05, 4.69) is 27.2 Å². The average Bonchev–Trinajstić information content (AvgIpc) is 3.34. The van der Waals surface area contributed by atoms with Crippen LogP contribution in [0.5, 0.6) is 5.75 Å². The summed E-state index contributed by atoms with van der Waals surface area (Å²) in [6.07, 6.45) is -1.78. The average molecular weight is 443 g/mol. The molecule has 170 valence electrons. The Morgan fingerprint density at radius 1 is 1.26 bits per heavy atom. The minimum Gasteiger partial charge on any atom is -0.497 e. The molecule has 31 heavy (non-hydrogen) atoms. The summed E-state index contributed by atoms with van der Waals surface area (Å²) in [5, 5.41) is 11.0. The van der Waals surface area contributed by atoms with E-state index in [0.717, 1.165) is 38.1 Å². The highest BCUT2D eigenvalue weighted by atomic mass is 19.4. The van der Waals surface area contributed by atoms with Crippen LogP contribution < -0.4 is 4.74 Å². The zero-order chi connectivity index (χ0) is 22.6. The van der Waals surface area contributed by atoms with E-state index in [4.69, 9.17) is 23.9 Å². The second kappa shape index (κ2) is 9.65. The van der Waals surface area contributed by atoms with Gasteiger partial charge in [0.2, 0.25) is 0 Å². The highest BCUT2D eigenvalue weighted by Gasteiger charge is 2.41. The lowest BCUT2D eigenvalue weighted by molar-refractivity contribution is -0.192. The molecule has 0 unspecified atom stereocenters. The number of hydrogen-bond acceptors (Lipinski definition) is 7. The maximum atomic E-state index is 10.6. The summed E-state index contributed by atoms with van der Waals surface area (Å²) >= 11 is 0. The molecule has 0 aliphatic carbocycles. The van der Waals surface area contributed by atoms with Crippen molar-refractivity contribution >= 4 is 5.97 Å². The van der Waals surface area contributed by atoms with E-state index < -0.39 is 12.1 Å². The van der Waals surface area contributed by atoms with Crippen LogP contribution in [0.2, 0.25) is 0 Å². The molecule has 0 saturated carbocycles. The fourth-order valence-corrected chi connectivity index (χ4v) is 3.80. The Hall–Kier alpha value is -2.66. The highest BCUT2D eigenvalue weighted by molar-refractivity contribution is 5.73. The van der Waals surface area contributed by atoms with Gasteiger partial charge in [-0.15, -0.1) is 0 Å². The number of nitrogens with zero attached hydrogens (tertiary/aromatic N) is 3. The first-order valence-electron chi connectivity index (χ1n) is 9.80. The molecule has 1 aromatic carbocycles. The van der Waals surface area contributed by atoms with Gasteiger partial charge in [0.15, 0.2) is 5.82 Å². The lowest BCUT2D eigenvalue weighted by Gasteiger charge is -2.34. The molecule has 2 fully saturated rings. The molecular formula is C20H24F3N3O5. The second-order valence-corrected chi connectivity index (χ2v) is 7.40. The number of aromatic nitrogens is 2. The van der Waals surface area contributed by atoms with Crippen LogP contribution in [-0.2, 0) is 16.1 Å². The molecule has 0 radical (unpaired) electrons. The SMILES string of the molecule is COc1ccc(CN2CC[C@H]3O[C@H](c4nc(C)no4)CC[C@H]32)cc1.O=C(O)C(F)(F)F. The largest absolute Gasteiger partial charge is 0.497 e. The summed E-state index contributed by atoms with van der Waals surface area (Å²) in [6, 6.07) is 8.80. The maximum absolute atomic E-state index is 10.6. The maximum Gasteiger partial charge on any atom is 0.490 e. The number of rotatable bonds is 4. The van der Waals surface area contributed by atoms with Gasteiger partial charge in [0.05, 0.1) is 13.2 Å². The van der Waals surface area contributed by atoms with Gasteiger partial charge in [-0.1, -0.05) is 17.3 Å². The van der Waals surface area contributed by atoms with Crippen LogP contribution in [0.25, 0.3) is 0 Å². The van der Waals surface area contributed by atoms with Gasteiger partial charge in [-0.2, -0.15) is 18.2 Å². The van der Waals surface area contributed by atoms with Crippen molar-refractivity contribution in [3.8, 4) is 5.75 Å². The molecule has 4 rings (SSSR count). The molecule has 3 heterocycles. The third kappa shape index (κ3) is 5.95. The molecule has 11 heteroatoms. The predicted octanol–water partition coefficient (Wildman–Crippen LogP) is 3.51. The Bertz CT molecular complexity index is 872. The molecule has 1 N–H and O–H groups in total. The molecule has 0 amide bonds. The quantitative estimate of drug-likeness (QED) is 0.767. The Morgan fingerprint density at radius 2 is 1.94 bits per heavy atom. The van der Waals surface area contributed by atoms with Crippen LogP contribution in [0.4, 0.5) is 13.2 Å². The number of alkyl halides is 3. The number of ether oxygens (including phenoxy) is 2. The van der Waals surface area contributed by atoms with E-state index in [-0.39, 0.29) is 12.2 Å². The number of carbonyl (C=O) groups is 1. The highest BCUT2D eigenvalue weighted by Crippen LogP contribution is 2.38. The number of carboxylic acids is 1. The zero-order valence-electron chi connectivity index (χ0n) is 17.1. The Balaban J connectivity index is 0.000000339. The normalized spacial score (nSPS) is 23.6. The zero-order valence-corrected chi connectivity index (χ0v) is 17.1. The Kier molecular flexibility index (Phi) is 7.16. The molecule has 2 aliphatic heterocycles. The van der Waals surface area contributed by atoms with Gasteiger partial charge < -0.3 is 19.1 Å². The van der Waals surface area contributed by atoms with Crippen molar-refractivity contribution in [1.29, 1.82) is 0 Å². The van der Waals surface area contributed by atoms with Crippen LogP contribution in [0.15, 0.2) is 28.8 Å². The number of aryl methyl sites for hydroxylation is 1. The van der Waals surface area contributed by atoms with E-state index in [1.54, 1.807) is 7.11 Å². The molecule has 2 aliphatic rings. The van der Waals surface area contributed by atoms with Crippen molar-refractivity contribution in [3.63, 3.8) is 0 Å². The van der Waals surface area contributed by atoms with Crippen molar-refractivity contribution in [2.24, 2.45) is 0 Å². The van der Waals surface area contributed by atoms with Gasteiger partial charge in [0.1, 0.15) is 11.9 Å². The van der Waals surface area contributed by atoms with Gasteiger partial charge in [-0.3, -0.25) is 4.90 Å². The lowest BCUT2D eigenvalue weighted by Crippen LogP contribution is -2.40. The Labute approximate surface area is 176 Å². The van der Waals surface area contributed by atoms with E-state index in [1.807, 2.05) is 19.1 Å².